The van der Waals surface area contributed by atoms with Crippen LogP contribution in [0.2, 0.25) is 0 Å². The molecule has 4 heteroatoms. The van der Waals surface area contributed by atoms with Crippen LogP contribution < -0.4 is 4.74 Å². The van der Waals surface area contributed by atoms with Crippen molar-refractivity contribution in [1.29, 1.82) is 0 Å². The van der Waals surface area contributed by atoms with E-state index in [0.717, 1.165) is 5.56 Å². The molecule has 0 N–H and O–H groups in total. The lowest BCUT2D eigenvalue weighted by Gasteiger charge is -2.06. The second-order valence-corrected chi connectivity index (χ2v) is 5.62. The first-order valence-corrected chi connectivity index (χ1v) is 7.72. The molecule has 0 unspecified atom stereocenters. The van der Waals surface area contributed by atoms with Crippen molar-refractivity contribution < 1.29 is 18.7 Å². The van der Waals surface area contributed by atoms with Gasteiger partial charge in [-0.05, 0) is 67.6 Å². The number of ketones is 1. The van der Waals surface area contributed by atoms with Crippen molar-refractivity contribution in [2.45, 2.75) is 6.92 Å². The Balaban J connectivity index is 1.71. The number of aryl methyl sites for hydroxylation is 1. The van der Waals surface area contributed by atoms with E-state index in [2.05, 4.69) is 0 Å². The molecule has 0 aliphatic rings. The largest absolute Gasteiger partial charge is 0.423 e. The Bertz CT molecular complexity index is 895. The first kappa shape index (κ1) is 16.6. The summed E-state index contributed by atoms with van der Waals surface area (Å²) in [7, 11) is 0. The smallest absolute Gasteiger partial charge is 0.343 e. The second-order valence-electron chi connectivity index (χ2n) is 5.62. The number of rotatable bonds is 4. The summed E-state index contributed by atoms with van der Waals surface area (Å²) >= 11 is 0. The molecular formula is C21H15FO3. The Labute approximate surface area is 144 Å². The lowest BCUT2D eigenvalue weighted by Crippen LogP contribution is -2.08. The number of benzene rings is 3. The minimum atomic E-state index is -0.461. The van der Waals surface area contributed by atoms with Crippen LogP contribution in [0.4, 0.5) is 4.39 Å². The predicted molar refractivity (Wildman–Crippen MR) is 92.4 cm³/mol. The fourth-order valence-corrected chi connectivity index (χ4v) is 2.30. The maximum absolute atomic E-state index is 12.9. The maximum atomic E-state index is 12.9. The van der Waals surface area contributed by atoms with Crippen molar-refractivity contribution in [3.05, 3.63) is 101 Å². The Morgan fingerprint density at radius 3 is 1.76 bits per heavy atom. The molecular weight excluding hydrogens is 319 g/mol. The van der Waals surface area contributed by atoms with E-state index in [4.69, 9.17) is 4.74 Å². The van der Waals surface area contributed by atoms with Crippen LogP contribution in [-0.4, -0.2) is 11.8 Å². The van der Waals surface area contributed by atoms with E-state index in [-0.39, 0.29) is 5.78 Å². The fraction of sp³-hybridized carbons (Fsp3) is 0.0476. The van der Waals surface area contributed by atoms with E-state index in [1.54, 1.807) is 36.4 Å². The molecule has 0 atom stereocenters. The third-order valence-electron chi connectivity index (χ3n) is 3.72. The number of ether oxygens (including phenoxy) is 1. The molecule has 3 nitrogen and oxygen atoms in total. The highest BCUT2D eigenvalue weighted by molar-refractivity contribution is 6.09. The third kappa shape index (κ3) is 3.98. The molecule has 0 heterocycles. The maximum Gasteiger partial charge on any atom is 0.343 e. The summed E-state index contributed by atoms with van der Waals surface area (Å²) in [6, 6.07) is 18.7. The highest BCUT2D eigenvalue weighted by Gasteiger charge is 2.11. The Hall–Kier alpha value is -3.27. The molecule has 0 aromatic heterocycles. The number of esters is 1. The molecule has 0 aliphatic carbocycles. The molecule has 0 saturated heterocycles. The van der Waals surface area contributed by atoms with Crippen molar-refractivity contribution in [2.24, 2.45) is 0 Å². The molecule has 25 heavy (non-hydrogen) atoms. The molecule has 0 spiro atoms. The van der Waals surface area contributed by atoms with E-state index < -0.39 is 11.8 Å². The SMILES string of the molecule is Cc1ccc(C(=O)Oc2ccc(C(=O)c3ccc(F)cc3)cc2)cc1. The van der Waals surface area contributed by atoms with Gasteiger partial charge >= 0.3 is 5.97 Å². The molecule has 124 valence electrons. The van der Waals surface area contributed by atoms with Gasteiger partial charge in [-0.1, -0.05) is 17.7 Å². The van der Waals surface area contributed by atoms with Gasteiger partial charge < -0.3 is 4.74 Å². The normalized spacial score (nSPS) is 10.3. The lowest BCUT2D eigenvalue weighted by molar-refractivity contribution is 0.0734. The Morgan fingerprint density at radius 1 is 0.720 bits per heavy atom. The molecule has 0 saturated carbocycles. The topological polar surface area (TPSA) is 43.4 Å². The molecule has 3 rings (SSSR count). The van der Waals surface area contributed by atoms with E-state index in [0.29, 0.717) is 22.4 Å². The van der Waals surface area contributed by atoms with Crippen LogP contribution in [0.3, 0.4) is 0 Å². The molecule has 0 bridgehead atoms. The Morgan fingerprint density at radius 2 is 1.20 bits per heavy atom. The summed E-state index contributed by atoms with van der Waals surface area (Å²) in [5.74, 6) is -0.731. The third-order valence-corrected chi connectivity index (χ3v) is 3.72. The van der Waals surface area contributed by atoms with Gasteiger partial charge in [-0.25, -0.2) is 9.18 Å². The summed E-state index contributed by atoms with van der Waals surface area (Å²) in [5, 5.41) is 0. The molecule has 0 amide bonds. The highest BCUT2D eigenvalue weighted by Crippen LogP contribution is 2.17. The number of carbonyl (C=O) groups excluding carboxylic acids is 2. The average Bonchev–Trinajstić information content (AvgIpc) is 2.63. The van der Waals surface area contributed by atoms with Gasteiger partial charge in [-0.3, -0.25) is 4.79 Å². The zero-order chi connectivity index (χ0) is 17.8. The molecule has 3 aromatic rings. The number of carbonyl (C=O) groups is 2. The summed E-state index contributed by atoms with van der Waals surface area (Å²) in [6.07, 6.45) is 0. The summed E-state index contributed by atoms with van der Waals surface area (Å²) in [4.78, 5) is 24.4. The van der Waals surface area contributed by atoms with Crippen LogP contribution in [0, 0.1) is 12.7 Å². The van der Waals surface area contributed by atoms with Gasteiger partial charge in [0.1, 0.15) is 11.6 Å². The van der Waals surface area contributed by atoms with E-state index >= 15 is 0 Å². The van der Waals surface area contributed by atoms with Gasteiger partial charge in [-0.2, -0.15) is 0 Å². The van der Waals surface area contributed by atoms with Crippen LogP contribution in [0.25, 0.3) is 0 Å². The Kier molecular flexibility index (Phi) is 4.70. The summed E-state index contributed by atoms with van der Waals surface area (Å²) in [5.41, 5.74) is 2.34. The van der Waals surface area contributed by atoms with Crippen molar-refractivity contribution in [2.75, 3.05) is 0 Å². The van der Waals surface area contributed by atoms with Crippen molar-refractivity contribution in [1.82, 2.24) is 0 Å². The van der Waals surface area contributed by atoms with Crippen LogP contribution in [0.15, 0.2) is 72.8 Å². The second kappa shape index (κ2) is 7.09. The van der Waals surface area contributed by atoms with Crippen LogP contribution >= 0.6 is 0 Å². The monoisotopic (exact) mass is 334 g/mol. The van der Waals surface area contributed by atoms with Gasteiger partial charge in [-0.15, -0.1) is 0 Å². The van der Waals surface area contributed by atoms with E-state index in [1.807, 2.05) is 19.1 Å². The zero-order valence-corrected chi connectivity index (χ0v) is 13.5. The molecule has 0 aliphatic heterocycles. The molecule has 0 radical (unpaired) electrons. The van der Waals surface area contributed by atoms with Crippen LogP contribution in [0.5, 0.6) is 5.75 Å². The van der Waals surface area contributed by atoms with Crippen molar-refractivity contribution >= 4 is 11.8 Å². The standard InChI is InChI=1S/C21H15FO3/c1-14-2-4-17(5-3-14)21(24)25-19-12-8-16(9-13-19)20(23)15-6-10-18(22)11-7-15/h2-13H,1H3. The minimum absolute atomic E-state index is 0.226. The summed E-state index contributed by atoms with van der Waals surface area (Å²) < 4.78 is 18.2. The van der Waals surface area contributed by atoms with Crippen LogP contribution in [0.1, 0.15) is 31.8 Å². The van der Waals surface area contributed by atoms with E-state index in [1.165, 1.54) is 24.3 Å². The predicted octanol–water partition coefficient (Wildman–Crippen LogP) is 4.58. The first-order valence-electron chi connectivity index (χ1n) is 7.72. The van der Waals surface area contributed by atoms with Crippen molar-refractivity contribution in [3.63, 3.8) is 0 Å². The van der Waals surface area contributed by atoms with Gasteiger partial charge in [0, 0.05) is 11.1 Å². The van der Waals surface area contributed by atoms with Crippen LogP contribution in [-0.2, 0) is 0 Å². The number of hydrogen-bond acceptors (Lipinski definition) is 3. The summed E-state index contributed by atoms with van der Waals surface area (Å²) in [6.45, 7) is 1.94. The highest BCUT2D eigenvalue weighted by atomic mass is 19.1. The van der Waals surface area contributed by atoms with E-state index in [9.17, 15) is 14.0 Å². The molecule has 0 fully saturated rings. The first-order chi connectivity index (χ1) is 12.0. The molecule has 3 aromatic carbocycles. The van der Waals surface area contributed by atoms with Gasteiger partial charge in [0.25, 0.3) is 0 Å². The minimum Gasteiger partial charge on any atom is -0.423 e. The van der Waals surface area contributed by atoms with Gasteiger partial charge in [0.2, 0.25) is 0 Å². The quantitative estimate of drug-likeness (QED) is 0.398. The lowest BCUT2D eigenvalue weighted by atomic mass is 10.0. The average molecular weight is 334 g/mol. The number of halogens is 1. The van der Waals surface area contributed by atoms with Crippen molar-refractivity contribution in [3.8, 4) is 5.75 Å². The van der Waals surface area contributed by atoms with Gasteiger partial charge in [0.15, 0.2) is 5.78 Å². The number of hydrogen-bond donors (Lipinski definition) is 0. The van der Waals surface area contributed by atoms with Gasteiger partial charge in [0.05, 0.1) is 5.56 Å². The zero-order valence-electron chi connectivity index (χ0n) is 13.5. The fourth-order valence-electron chi connectivity index (χ4n) is 2.30.